The third kappa shape index (κ3) is 13.6. The molecule has 0 saturated heterocycles. The molecule has 0 spiro atoms. The average Bonchev–Trinajstić information content (AvgIpc) is 3.02. The standard InChI is InChI=1S/C36H50N4O4/c1-2-3-4-5-6-7-14-22-34(42)39-32(27-29-19-12-9-13-20-29)36(44)40-31-21-15-16-25-37-33(41)24-23-30(38-35(31)43)26-28-17-10-8-11-18-28/h8-13,17-20,23-24,30-32H,2-7,14-16,21-22,25-27H2,1H3,(H,37,41)(H,38,43)(H,39,42)(H,40,44)/b24-23+/t30-,31+,32+/m1/s1. The molecule has 1 aliphatic rings. The molecule has 0 unspecified atom stereocenters. The Hall–Kier alpha value is -3.94. The molecule has 3 atom stereocenters. The summed E-state index contributed by atoms with van der Waals surface area (Å²) in [6, 6.07) is 17.3. The van der Waals surface area contributed by atoms with Crippen LogP contribution in [0.3, 0.4) is 0 Å². The third-order valence-corrected chi connectivity index (χ3v) is 7.90. The van der Waals surface area contributed by atoms with Gasteiger partial charge in [-0.1, -0.05) is 112 Å². The maximum Gasteiger partial charge on any atom is 0.243 e. The molecule has 1 aliphatic heterocycles. The highest BCUT2D eigenvalue weighted by Crippen LogP contribution is 2.11. The van der Waals surface area contributed by atoms with Crippen molar-refractivity contribution in [3.05, 3.63) is 83.9 Å². The number of rotatable bonds is 15. The van der Waals surface area contributed by atoms with Gasteiger partial charge in [0.2, 0.25) is 23.6 Å². The molecule has 8 heteroatoms. The minimum absolute atomic E-state index is 0.151. The fourth-order valence-corrected chi connectivity index (χ4v) is 5.38. The number of carbonyl (C=O) groups excluding carboxylic acids is 4. The highest BCUT2D eigenvalue weighted by Gasteiger charge is 2.28. The monoisotopic (exact) mass is 602 g/mol. The zero-order chi connectivity index (χ0) is 31.4. The van der Waals surface area contributed by atoms with Crippen molar-refractivity contribution >= 4 is 23.6 Å². The smallest absolute Gasteiger partial charge is 0.243 e. The molecule has 0 fully saturated rings. The second kappa shape index (κ2) is 20.1. The van der Waals surface area contributed by atoms with Gasteiger partial charge in [0.15, 0.2) is 0 Å². The lowest BCUT2D eigenvalue weighted by molar-refractivity contribution is -0.132. The van der Waals surface area contributed by atoms with Gasteiger partial charge in [-0.05, 0) is 43.2 Å². The van der Waals surface area contributed by atoms with Gasteiger partial charge in [-0.3, -0.25) is 19.2 Å². The Bertz CT molecular complexity index is 1190. The van der Waals surface area contributed by atoms with Crippen LogP contribution in [0.25, 0.3) is 0 Å². The number of nitrogens with one attached hydrogen (secondary N) is 4. The number of hydrogen-bond acceptors (Lipinski definition) is 4. The summed E-state index contributed by atoms with van der Waals surface area (Å²) in [5.41, 5.74) is 1.94. The van der Waals surface area contributed by atoms with Crippen molar-refractivity contribution in [2.24, 2.45) is 0 Å². The first-order chi connectivity index (χ1) is 21.4. The van der Waals surface area contributed by atoms with Crippen molar-refractivity contribution < 1.29 is 19.2 Å². The van der Waals surface area contributed by atoms with Crippen molar-refractivity contribution in [2.45, 2.75) is 109 Å². The predicted octanol–water partition coefficient (Wildman–Crippen LogP) is 4.92. The maximum absolute atomic E-state index is 13.7. The fourth-order valence-electron chi connectivity index (χ4n) is 5.38. The zero-order valence-electron chi connectivity index (χ0n) is 26.2. The molecule has 238 valence electrons. The largest absolute Gasteiger partial charge is 0.353 e. The summed E-state index contributed by atoms with van der Waals surface area (Å²) in [6.45, 7) is 2.68. The van der Waals surface area contributed by atoms with E-state index in [2.05, 4.69) is 28.2 Å². The molecule has 2 aromatic rings. The van der Waals surface area contributed by atoms with Gasteiger partial charge >= 0.3 is 0 Å². The summed E-state index contributed by atoms with van der Waals surface area (Å²) in [5.74, 6) is -1.03. The molecule has 0 saturated carbocycles. The highest BCUT2D eigenvalue weighted by atomic mass is 16.2. The third-order valence-electron chi connectivity index (χ3n) is 7.90. The first-order valence-electron chi connectivity index (χ1n) is 16.4. The lowest BCUT2D eigenvalue weighted by Crippen LogP contribution is -2.55. The van der Waals surface area contributed by atoms with E-state index in [0.29, 0.717) is 45.1 Å². The first-order valence-corrected chi connectivity index (χ1v) is 16.4. The normalized spacial score (nSPS) is 18.9. The van der Waals surface area contributed by atoms with Crippen LogP contribution in [0, 0.1) is 0 Å². The second-order valence-corrected chi connectivity index (χ2v) is 11.7. The lowest BCUT2D eigenvalue weighted by Gasteiger charge is -2.25. The molecule has 4 amide bonds. The summed E-state index contributed by atoms with van der Waals surface area (Å²) < 4.78 is 0. The molecule has 44 heavy (non-hydrogen) atoms. The van der Waals surface area contributed by atoms with Crippen molar-refractivity contribution in [1.29, 1.82) is 0 Å². The van der Waals surface area contributed by atoms with E-state index in [1.54, 1.807) is 6.08 Å². The lowest BCUT2D eigenvalue weighted by atomic mass is 10.0. The van der Waals surface area contributed by atoms with Crippen LogP contribution >= 0.6 is 0 Å². The van der Waals surface area contributed by atoms with Crippen LogP contribution in [0.15, 0.2) is 72.8 Å². The SMILES string of the molecule is CCCCCCCCCC(=O)N[C@@H](Cc1ccccc1)C(=O)N[C@H]1CCCCNC(=O)/C=C/[C@H](Cc2ccccc2)NC1=O. The summed E-state index contributed by atoms with van der Waals surface area (Å²) in [7, 11) is 0. The molecule has 8 nitrogen and oxygen atoms in total. The molecule has 0 aromatic heterocycles. The van der Waals surface area contributed by atoms with Crippen LogP contribution in [-0.2, 0) is 32.0 Å². The molecule has 0 radical (unpaired) electrons. The highest BCUT2D eigenvalue weighted by molar-refractivity contribution is 5.92. The van der Waals surface area contributed by atoms with Crippen LogP contribution in [0.2, 0.25) is 0 Å². The molecule has 0 bridgehead atoms. The topological polar surface area (TPSA) is 116 Å². The predicted molar refractivity (Wildman–Crippen MR) is 175 cm³/mol. The molecule has 0 aliphatic carbocycles. The van der Waals surface area contributed by atoms with Gasteiger partial charge in [-0.2, -0.15) is 0 Å². The van der Waals surface area contributed by atoms with E-state index in [0.717, 1.165) is 30.4 Å². The van der Waals surface area contributed by atoms with Crippen molar-refractivity contribution in [3.8, 4) is 0 Å². The van der Waals surface area contributed by atoms with Crippen molar-refractivity contribution in [2.75, 3.05) is 6.54 Å². The van der Waals surface area contributed by atoms with Crippen LogP contribution in [0.4, 0.5) is 0 Å². The summed E-state index contributed by atoms with van der Waals surface area (Å²) in [6.07, 6.45) is 13.9. The second-order valence-electron chi connectivity index (χ2n) is 11.7. The Morgan fingerprint density at radius 2 is 1.52 bits per heavy atom. The van der Waals surface area contributed by atoms with Crippen molar-refractivity contribution in [1.82, 2.24) is 21.3 Å². The van der Waals surface area contributed by atoms with E-state index in [1.807, 2.05) is 60.7 Å². The van der Waals surface area contributed by atoms with Gasteiger partial charge in [0.1, 0.15) is 12.1 Å². The molecule has 1 heterocycles. The van der Waals surface area contributed by atoms with E-state index in [-0.39, 0.29) is 23.6 Å². The minimum Gasteiger partial charge on any atom is -0.353 e. The number of carbonyl (C=O) groups is 4. The first kappa shape index (κ1) is 34.5. The summed E-state index contributed by atoms with van der Waals surface area (Å²) >= 11 is 0. The van der Waals surface area contributed by atoms with Gasteiger partial charge in [-0.25, -0.2) is 0 Å². The quantitative estimate of drug-likeness (QED) is 0.217. The van der Waals surface area contributed by atoms with Crippen LogP contribution in [0.5, 0.6) is 0 Å². The number of unbranched alkanes of at least 4 members (excludes halogenated alkanes) is 6. The Balaban J connectivity index is 1.67. The fraction of sp³-hybridized carbons (Fsp3) is 0.500. The Morgan fingerprint density at radius 3 is 2.23 bits per heavy atom. The summed E-state index contributed by atoms with van der Waals surface area (Å²) in [4.78, 5) is 52.4. The Labute approximate surface area is 262 Å². The molecular weight excluding hydrogens is 552 g/mol. The molecule has 4 N–H and O–H groups in total. The number of benzene rings is 2. The average molecular weight is 603 g/mol. The Morgan fingerprint density at radius 1 is 0.864 bits per heavy atom. The van der Waals surface area contributed by atoms with Gasteiger partial charge in [0, 0.05) is 25.5 Å². The van der Waals surface area contributed by atoms with E-state index in [1.165, 1.54) is 31.8 Å². The molecule has 3 rings (SSSR count). The Kier molecular flexibility index (Phi) is 15.8. The van der Waals surface area contributed by atoms with E-state index >= 15 is 0 Å². The van der Waals surface area contributed by atoms with Gasteiger partial charge in [0.05, 0.1) is 6.04 Å². The number of hydrogen-bond donors (Lipinski definition) is 4. The van der Waals surface area contributed by atoms with E-state index in [9.17, 15) is 19.2 Å². The maximum atomic E-state index is 13.7. The van der Waals surface area contributed by atoms with Gasteiger partial charge in [0.25, 0.3) is 0 Å². The summed E-state index contributed by atoms with van der Waals surface area (Å²) in [5, 5.41) is 11.8. The van der Waals surface area contributed by atoms with Crippen LogP contribution < -0.4 is 21.3 Å². The zero-order valence-corrected chi connectivity index (χ0v) is 26.2. The number of amides is 4. The van der Waals surface area contributed by atoms with Crippen molar-refractivity contribution in [3.63, 3.8) is 0 Å². The van der Waals surface area contributed by atoms with Crippen LogP contribution in [0.1, 0.15) is 88.7 Å². The van der Waals surface area contributed by atoms with Gasteiger partial charge < -0.3 is 21.3 Å². The van der Waals surface area contributed by atoms with E-state index in [4.69, 9.17) is 0 Å². The van der Waals surface area contributed by atoms with E-state index < -0.39 is 18.1 Å². The van der Waals surface area contributed by atoms with Gasteiger partial charge in [-0.15, -0.1) is 0 Å². The molecular formula is C36H50N4O4. The minimum atomic E-state index is -0.803. The van der Waals surface area contributed by atoms with Crippen LogP contribution in [-0.4, -0.2) is 48.3 Å². The molecule has 2 aromatic carbocycles.